The molecule has 3 heteroatoms. The Morgan fingerprint density at radius 2 is 2.31 bits per heavy atom. The van der Waals surface area contributed by atoms with E-state index in [-0.39, 0.29) is 0 Å². The van der Waals surface area contributed by atoms with Crippen molar-refractivity contribution in [3.05, 3.63) is 28.5 Å². The first-order valence-corrected chi connectivity index (χ1v) is 4.66. The monoisotopic (exact) mass is 192 g/mol. The van der Waals surface area contributed by atoms with Gasteiger partial charge in [-0.15, -0.1) is 0 Å². The standard InChI is InChI=1S/C10H9ClN2/c1-6-4-8(6)9-3-2-7(5-12)10(11)13-9/h2-3,6,8H,4H2,1H3/t6-,8-/m1/s1. The summed E-state index contributed by atoms with van der Waals surface area (Å²) in [4.78, 5) is 4.20. The lowest BCUT2D eigenvalue weighted by atomic mass is 10.2. The van der Waals surface area contributed by atoms with E-state index in [9.17, 15) is 0 Å². The van der Waals surface area contributed by atoms with E-state index < -0.39 is 0 Å². The molecule has 1 aliphatic rings. The van der Waals surface area contributed by atoms with Crippen LogP contribution in [0.2, 0.25) is 5.15 Å². The molecule has 1 aromatic rings. The second kappa shape index (κ2) is 3.01. The van der Waals surface area contributed by atoms with E-state index in [0.717, 1.165) is 11.6 Å². The van der Waals surface area contributed by atoms with E-state index in [1.807, 2.05) is 12.1 Å². The molecule has 0 spiro atoms. The van der Waals surface area contributed by atoms with E-state index in [1.165, 1.54) is 6.42 Å². The molecule has 1 aliphatic carbocycles. The smallest absolute Gasteiger partial charge is 0.147 e. The molecule has 1 fully saturated rings. The highest BCUT2D eigenvalue weighted by atomic mass is 35.5. The van der Waals surface area contributed by atoms with Crippen LogP contribution in [-0.2, 0) is 0 Å². The van der Waals surface area contributed by atoms with Gasteiger partial charge in [-0.2, -0.15) is 5.26 Å². The molecule has 0 bridgehead atoms. The van der Waals surface area contributed by atoms with Crippen LogP contribution in [0.5, 0.6) is 0 Å². The Bertz CT molecular complexity index is 381. The van der Waals surface area contributed by atoms with Gasteiger partial charge >= 0.3 is 0 Å². The highest BCUT2D eigenvalue weighted by Crippen LogP contribution is 2.46. The first-order chi connectivity index (χ1) is 6.22. The fraction of sp³-hybridized carbons (Fsp3) is 0.400. The summed E-state index contributed by atoms with van der Waals surface area (Å²) in [6.07, 6.45) is 1.19. The molecule has 0 unspecified atom stereocenters. The molecule has 1 heterocycles. The molecule has 0 saturated heterocycles. The number of nitrogens with zero attached hydrogens (tertiary/aromatic N) is 2. The molecule has 0 aromatic carbocycles. The molecule has 1 aromatic heterocycles. The highest BCUT2D eigenvalue weighted by Gasteiger charge is 2.35. The van der Waals surface area contributed by atoms with Crippen LogP contribution in [0.15, 0.2) is 12.1 Å². The van der Waals surface area contributed by atoms with Crippen LogP contribution < -0.4 is 0 Å². The van der Waals surface area contributed by atoms with Crippen molar-refractivity contribution in [1.82, 2.24) is 4.98 Å². The number of nitriles is 1. The summed E-state index contributed by atoms with van der Waals surface area (Å²) in [5.74, 6) is 1.28. The number of pyridine rings is 1. The van der Waals surface area contributed by atoms with E-state index in [4.69, 9.17) is 16.9 Å². The number of aromatic nitrogens is 1. The fourth-order valence-electron chi connectivity index (χ4n) is 1.47. The van der Waals surface area contributed by atoms with Gasteiger partial charge in [0.1, 0.15) is 11.2 Å². The van der Waals surface area contributed by atoms with Crippen molar-refractivity contribution >= 4 is 11.6 Å². The Labute approximate surface area is 82.2 Å². The van der Waals surface area contributed by atoms with Crippen molar-refractivity contribution in [1.29, 1.82) is 5.26 Å². The highest BCUT2D eigenvalue weighted by molar-refractivity contribution is 6.30. The van der Waals surface area contributed by atoms with Crippen LogP contribution in [0.25, 0.3) is 0 Å². The summed E-state index contributed by atoms with van der Waals surface area (Å²) in [5, 5.41) is 8.97. The summed E-state index contributed by atoms with van der Waals surface area (Å²) >= 11 is 5.82. The van der Waals surface area contributed by atoms with Crippen LogP contribution in [0.1, 0.15) is 30.5 Å². The van der Waals surface area contributed by atoms with Gasteiger partial charge in [-0.3, -0.25) is 0 Å². The molecular formula is C10H9ClN2. The first kappa shape index (κ1) is 8.52. The molecule has 2 nitrogen and oxygen atoms in total. The number of halogens is 1. The van der Waals surface area contributed by atoms with Gasteiger partial charge in [-0.1, -0.05) is 18.5 Å². The van der Waals surface area contributed by atoms with Crippen LogP contribution >= 0.6 is 11.6 Å². The Balaban J connectivity index is 2.32. The van der Waals surface area contributed by atoms with Gasteiger partial charge in [0.25, 0.3) is 0 Å². The number of rotatable bonds is 1. The normalized spacial score (nSPS) is 25.3. The second-order valence-electron chi connectivity index (χ2n) is 3.51. The minimum atomic E-state index is 0.333. The molecule has 13 heavy (non-hydrogen) atoms. The minimum Gasteiger partial charge on any atom is -0.239 e. The van der Waals surface area contributed by atoms with Crippen molar-refractivity contribution in [3.8, 4) is 6.07 Å². The summed E-state index contributed by atoms with van der Waals surface area (Å²) in [6, 6.07) is 5.65. The Hall–Kier alpha value is -1.07. The van der Waals surface area contributed by atoms with Crippen molar-refractivity contribution in [3.63, 3.8) is 0 Å². The molecular weight excluding hydrogens is 184 g/mol. The molecule has 0 radical (unpaired) electrons. The van der Waals surface area contributed by atoms with E-state index in [2.05, 4.69) is 11.9 Å². The van der Waals surface area contributed by atoms with E-state index in [1.54, 1.807) is 6.07 Å². The van der Waals surface area contributed by atoms with Gasteiger partial charge in [0.05, 0.1) is 5.56 Å². The lowest BCUT2D eigenvalue weighted by Crippen LogP contribution is -1.90. The lowest BCUT2D eigenvalue weighted by Gasteiger charge is -1.99. The first-order valence-electron chi connectivity index (χ1n) is 4.29. The van der Waals surface area contributed by atoms with Crippen molar-refractivity contribution in [2.24, 2.45) is 5.92 Å². The lowest BCUT2D eigenvalue weighted by molar-refractivity contribution is 0.885. The van der Waals surface area contributed by atoms with Gasteiger partial charge in [0, 0.05) is 11.6 Å². The van der Waals surface area contributed by atoms with Crippen molar-refractivity contribution in [2.45, 2.75) is 19.3 Å². The SMILES string of the molecule is C[C@@H]1C[C@H]1c1ccc(C#N)c(Cl)n1. The predicted molar refractivity (Wildman–Crippen MR) is 50.5 cm³/mol. The van der Waals surface area contributed by atoms with E-state index >= 15 is 0 Å². The molecule has 2 rings (SSSR count). The third-order valence-corrected chi connectivity index (χ3v) is 2.77. The molecule has 0 amide bonds. The maximum absolute atomic E-state index is 8.64. The minimum absolute atomic E-state index is 0.333. The Morgan fingerprint density at radius 3 is 2.77 bits per heavy atom. The van der Waals surface area contributed by atoms with Crippen molar-refractivity contribution in [2.75, 3.05) is 0 Å². The summed E-state index contributed by atoms with van der Waals surface area (Å²) in [7, 11) is 0. The Kier molecular flexibility index (Phi) is 1.97. The fourth-order valence-corrected chi connectivity index (χ4v) is 1.68. The van der Waals surface area contributed by atoms with Gasteiger partial charge in [-0.05, 0) is 24.5 Å². The van der Waals surface area contributed by atoms with Crippen LogP contribution in [-0.4, -0.2) is 4.98 Å². The molecule has 66 valence electrons. The molecule has 1 saturated carbocycles. The van der Waals surface area contributed by atoms with Crippen LogP contribution in [0, 0.1) is 17.2 Å². The van der Waals surface area contributed by atoms with Crippen molar-refractivity contribution < 1.29 is 0 Å². The van der Waals surface area contributed by atoms with Crippen LogP contribution in [0.3, 0.4) is 0 Å². The number of hydrogen-bond acceptors (Lipinski definition) is 2. The summed E-state index contributed by atoms with van der Waals surface area (Å²) in [5.41, 5.74) is 1.48. The van der Waals surface area contributed by atoms with Gasteiger partial charge in [0.2, 0.25) is 0 Å². The molecule has 0 aliphatic heterocycles. The summed E-state index contributed by atoms with van der Waals surface area (Å²) in [6.45, 7) is 2.19. The van der Waals surface area contributed by atoms with Gasteiger partial charge in [-0.25, -0.2) is 4.98 Å². The maximum atomic E-state index is 8.64. The topological polar surface area (TPSA) is 36.7 Å². The molecule has 2 atom stereocenters. The maximum Gasteiger partial charge on any atom is 0.147 e. The second-order valence-corrected chi connectivity index (χ2v) is 3.86. The average molecular weight is 193 g/mol. The third kappa shape index (κ3) is 1.52. The zero-order valence-electron chi connectivity index (χ0n) is 7.29. The average Bonchev–Trinajstić information content (AvgIpc) is 2.82. The predicted octanol–water partition coefficient (Wildman–Crippen LogP) is 2.73. The van der Waals surface area contributed by atoms with Gasteiger partial charge in [0.15, 0.2) is 0 Å². The quantitative estimate of drug-likeness (QED) is 0.642. The summed E-state index contributed by atoms with van der Waals surface area (Å²) < 4.78 is 0. The largest absolute Gasteiger partial charge is 0.239 e. The Morgan fingerprint density at radius 1 is 1.62 bits per heavy atom. The zero-order chi connectivity index (χ0) is 9.42. The zero-order valence-corrected chi connectivity index (χ0v) is 8.04. The van der Waals surface area contributed by atoms with E-state index in [0.29, 0.717) is 16.6 Å². The van der Waals surface area contributed by atoms with Gasteiger partial charge < -0.3 is 0 Å². The third-order valence-electron chi connectivity index (χ3n) is 2.48. The number of hydrogen-bond donors (Lipinski definition) is 0. The van der Waals surface area contributed by atoms with Crippen LogP contribution in [0.4, 0.5) is 0 Å². The molecule has 0 N–H and O–H groups in total.